The Bertz CT molecular complexity index is 592. The number of nitrogen functional groups attached to an aromatic ring is 1. The van der Waals surface area contributed by atoms with Crippen LogP contribution in [-0.2, 0) is 0 Å². The summed E-state index contributed by atoms with van der Waals surface area (Å²) in [4.78, 5) is 8.32. The smallest absolute Gasteiger partial charge is 0.387 e. The van der Waals surface area contributed by atoms with Crippen molar-refractivity contribution in [2.24, 2.45) is 5.84 Å². The minimum Gasteiger partial charge on any atom is -0.433 e. The molecule has 2 rings (SSSR count). The molecule has 0 amide bonds. The van der Waals surface area contributed by atoms with Crippen molar-refractivity contribution >= 4 is 29.1 Å². The number of hydrogen-bond donors (Lipinski definition) is 3. The van der Waals surface area contributed by atoms with Crippen LogP contribution in [0.5, 0.6) is 5.75 Å². The van der Waals surface area contributed by atoms with Crippen LogP contribution in [-0.4, -0.2) is 22.8 Å². The molecule has 112 valence electrons. The number of thioether (sulfide) groups is 1. The molecule has 0 aliphatic rings. The van der Waals surface area contributed by atoms with Crippen LogP contribution in [0.25, 0.3) is 0 Å². The van der Waals surface area contributed by atoms with Gasteiger partial charge >= 0.3 is 6.61 Å². The second-order valence-electron chi connectivity index (χ2n) is 3.77. The summed E-state index contributed by atoms with van der Waals surface area (Å²) < 4.78 is 29.2. The van der Waals surface area contributed by atoms with Crippen molar-refractivity contribution in [3.8, 4) is 5.75 Å². The van der Waals surface area contributed by atoms with Crippen LogP contribution in [0.3, 0.4) is 0 Å². The lowest BCUT2D eigenvalue weighted by atomic mass is 10.3. The number of rotatable bonds is 6. The number of para-hydroxylation sites is 2. The van der Waals surface area contributed by atoms with E-state index in [-0.39, 0.29) is 5.75 Å². The molecule has 0 fully saturated rings. The first-order valence-corrected chi connectivity index (χ1v) is 7.05. The Morgan fingerprint density at radius 3 is 2.62 bits per heavy atom. The highest BCUT2D eigenvalue weighted by Crippen LogP contribution is 2.29. The summed E-state index contributed by atoms with van der Waals surface area (Å²) >= 11 is 1.33. The SMILES string of the molecule is CSc1nc(NN)cc(Nc2ccccc2OC(F)F)n1. The maximum Gasteiger partial charge on any atom is 0.387 e. The number of ether oxygens (including phenoxy) is 1. The minimum absolute atomic E-state index is 0.0269. The Morgan fingerprint density at radius 1 is 1.24 bits per heavy atom. The van der Waals surface area contributed by atoms with Gasteiger partial charge in [-0.1, -0.05) is 23.9 Å². The predicted octanol–water partition coefficient (Wildman–Crippen LogP) is 2.83. The van der Waals surface area contributed by atoms with E-state index >= 15 is 0 Å². The molecule has 1 aromatic carbocycles. The molecule has 1 aromatic heterocycles. The van der Waals surface area contributed by atoms with E-state index in [2.05, 4.69) is 25.4 Å². The average Bonchev–Trinajstić information content (AvgIpc) is 2.48. The zero-order chi connectivity index (χ0) is 15.2. The highest BCUT2D eigenvalue weighted by Gasteiger charge is 2.10. The number of hydrazine groups is 1. The third-order valence-electron chi connectivity index (χ3n) is 2.40. The Labute approximate surface area is 124 Å². The average molecular weight is 313 g/mol. The molecule has 0 radical (unpaired) electrons. The summed E-state index contributed by atoms with van der Waals surface area (Å²) in [5.41, 5.74) is 2.79. The van der Waals surface area contributed by atoms with Gasteiger partial charge in [0.2, 0.25) is 0 Å². The predicted molar refractivity (Wildman–Crippen MR) is 78.0 cm³/mol. The molecule has 0 saturated heterocycles. The zero-order valence-corrected chi connectivity index (χ0v) is 11.8. The van der Waals surface area contributed by atoms with Gasteiger partial charge in [-0.05, 0) is 18.4 Å². The third kappa shape index (κ3) is 4.17. The molecule has 0 aliphatic carbocycles. The molecule has 2 aromatic rings. The van der Waals surface area contributed by atoms with E-state index in [0.717, 1.165) is 0 Å². The van der Waals surface area contributed by atoms with Gasteiger partial charge in [0, 0.05) is 6.07 Å². The molecule has 21 heavy (non-hydrogen) atoms. The van der Waals surface area contributed by atoms with E-state index < -0.39 is 6.61 Å². The molecule has 9 heteroatoms. The summed E-state index contributed by atoms with van der Waals surface area (Å²) in [5, 5.41) is 3.40. The second kappa shape index (κ2) is 7.04. The van der Waals surface area contributed by atoms with Gasteiger partial charge in [0.1, 0.15) is 17.4 Å². The number of aromatic nitrogens is 2. The highest BCUT2D eigenvalue weighted by atomic mass is 32.2. The van der Waals surface area contributed by atoms with E-state index in [0.29, 0.717) is 22.5 Å². The van der Waals surface area contributed by atoms with Crippen LogP contribution in [0.1, 0.15) is 0 Å². The van der Waals surface area contributed by atoms with E-state index in [4.69, 9.17) is 5.84 Å². The van der Waals surface area contributed by atoms with Crippen molar-refractivity contribution in [3.63, 3.8) is 0 Å². The summed E-state index contributed by atoms with van der Waals surface area (Å²) in [6.07, 6.45) is 1.81. The number of alkyl halides is 2. The topological polar surface area (TPSA) is 85.1 Å². The minimum atomic E-state index is -2.90. The lowest BCUT2D eigenvalue weighted by Crippen LogP contribution is -2.10. The zero-order valence-electron chi connectivity index (χ0n) is 11.0. The van der Waals surface area contributed by atoms with E-state index in [1.54, 1.807) is 24.3 Å². The Kier molecular flexibility index (Phi) is 5.12. The Balaban J connectivity index is 2.29. The number of halogens is 2. The van der Waals surface area contributed by atoms with Gasteiger partial charge in [-0.2, -0.15) is 8.78 Å². The van der Waals surface area contributed by atoms with Gasteiger partial charge in [-0.3, -0.25) is 0 Å². The monoisotopic (exact) mass is 313 g/mol. The van der Waals surface area contributed by atoms with Gasteiger partial charge in [0.25, 0.3) is 0 Å². The number of nitrogens with two attached hydrogens (primary N) is 1. The molecule has 4 N–H and O–H groups in total. The van der Waals surface area contributed by atoms with Crippen molar-refractivity contribution in [1.82, 2.24) is 9.97 Å². The molecular formula is C12H13F2N5OS. The lowest BCUT2D eigenvalue weighted by molar-refractivity contribution is -0.0493. The van der Waals surface area contributed by atoms with Crippen molar-refractivity contribution in [2.45, 2.75) is 11.8 Å². The third-order valence-corrected chi connectivity index (χ3v) is 2.95. The summed E-state index contributed by atoms with van der Waals surface area (Å²) in [7, 11) is 0. The molecule has 1 heterocycles. The molecule has 0 atom stereocenters. The van der Waals surface area contributed by atoms with Crippen LogP contribution in [0.2, 0.25) is 0 Å². The van der Waals surface area contributed by atoms with Gasteiger partial charge in [0.05, 0.1) is 5.69 Å². The van der Waals surface area contributed by atoms with E-state index in [1.165, 1.54) is 17.8 Å². The lowest BCUT2D eigenvalue weighted by Gasteiger charge is -2.13. The molecule has 0 unspecified atom stereocenters. The van der Waals surface area contributed by atoms with Crippen LogP contribution >= 0.6 is 11.8 Å². The molecular weight excluding hydrogens is 300 g/mol. The van der Waals surface area contributed by atoms with Gasteiger partial charge < -0.3 is 15.5 Å². The van der Waals surface area contributed by atoms with Crippen molar-refractivity contribution in [2.75, 3.05) is 17.0 Å². The van der Waals surface area contributed by atoms with Crippen LogP contribution in [0.4, 0.5) is 26.1 Å². The summed E-state index contributed by atoms with van der Waals surface area (Å²) in [6.45, 7) is -2.90. The second-order valence-corrected chi connectivity index (χ2v) is 4.54. The number of nitrogens with one attached hydrogen (secondary N) is 2. The van der Waals surface area contributed by atoms with Gasteiger partial charge in [-0.15, -0.1) is 0 Å². The largest absolute Gasteiger partial charge is 0.433 e. The first kappa shape index (κ1) is 15.3. The van der Waals surface area contributed by atoms with Crippen LogP contribution in [0, 0.1) is 0 Å². The maximum atomic E-state index is 12.4. The number of benzene rings is 1. The normalized spacial score (nSPS) is 10.5. The van der Waals surface area contributed by atoms with Gasteiger partial charge in [-0.25, -0.2) is 15.8 Å². The van der Waals surface area contributed by atoms with E-state index in [1.807, 2.05) is 6.26 Å². The fourth-order valence-electron chi connectivity index (χ4n) is 1.56. The fraction of sp³-hybridized carbons (Fsp3) is 0.167. The molecule has 6 nitrogen and oxygen atoms in total. The van der Waals surface area contributed by atoms with Gasteiger partial charge in [0.15, 0.2) is 5.16 Å². The summed E-state index contributed by atoms with van der Waals surface area (Å²) in [6, 6.07) is 7.89. The first-order valence-electron chi connectivity index (χ1n) is 5.83. The molecule has 0 spiro atoms. The molecule has 0 aliphatic heterocycles. The maximum absolute atomic E-state index is 12.4. The Morgan fingerprint density at radius 2 is 1.95 bits per heavy atom. The van der Waals surface area contributed by atoms with Crippen molar-refractivity contribution < 1.29 is 13.5 Å². The van der Waals surface area contributed by atoms with Crippen molar-refractivity contribution in [3.05, 3.63) is 30.3 Å². The number of nitrogens with zero attached hydrogens (tertiary/aromatic N) is 2. The van der Waals surface area contributed by atoms with Crippen LogP contribution < -0.4 is 21.3 Å². The molecule has 0 bridgehead atoms. The highest BCUT2D eigenvalue weighted by molar-refractivity contribution is 7.98. The standard InChI is InChI=1S/C12H13F2N5OS/c1-21-12-17-9(6-10(18-12)19-15)16-7-4-2-3-5-8(7)20-11(13)14/h2-6,11H,15H2,1H3,(H2,16,17,18,19). The Hall–Kier alpha value is -2.13. The summed E-state index contributed by atoms with van der Waals surface area (Å²) in [5.74, 6) is 6.17. The fourth-order valence-corrected chi connectivity index (χ4v) is 1.94. The first-order chi connectivity index (χ1) is 10.1. The molecule has 0 saturated carbocycles. The number of hydrogen-bond acceptors (Lipinski definition) is 7. The van der Waals surface area contributed by atoms with E-state index in [9.17, 15) is 8.78 Å². The van der Waals surface area contributed by atoms with Crippen molar-refractivity contribution in [1.29, 1.82) is 0 Å². The number of anilines is 3. The van der Waals surface area contributed by atoms with Crippen LogP contribution in [0.15, 0.2) is 35.5 Å². The quantitative estimate of drug-likeness (QED) is 0.327.